The molecule has 2 aromatic carbocycles. The fourth-order valence-corrected chi connectivity index (χ4v) is 6.48. The van der Waals surface area contributed by atoms with Crippen molar-refractivity contribution in [3.05, 3.63) is 58.1 Å². The maximum Gasteiger partial charge on any atom is 0.342 e. The van der Waals surface area contributed by atoms with Crippen LogP contribution in [0.3, 0.4) is 0 Å². The van der Waals surface area contributed by atoms with Gasteiger partial charge in [-0.15, -0.1) is 0 Å². The Labute approximate surface area is 366 Å². The molecule has 0 aliphatic carbocycles. The Kier molecular flexibility index (Phi) is 22.0. The largest absolute Gasteiger partial charge is 0.496 e. The summed E-state index contributed by atoms with van der Waals surface area (Å²) in [6.45, 7) is 4.90. The molecule has 1 fully saturated rings. The van der Waals surface area contributed by atoms with Crippen molar-refractivity contribution in [1.29, 1.82) is 0 Å². The third kappa shape index (κ3) is 17.4. The van der Waals surface area contributed by atoms with E-state index in [1.165, 1.54) is 33.5 Å². The molecule has 4 N–H and O–H groups in total. The summed E-state index contributed by atoms with van der Waals surface area (Å²) in [5.41, 5.74) is 0.784. The van der Waals surface area contributed by atoms with E-state index in [0.717, 1.165) is 11.1 Å². The molecule has 1 amide bonds. The molecule has 18 nitrogen and oxygen atoms in total. The van der Waals surface area contributed by atoms with E-state index in [-0.39, 0.29) is 79.8 Å². The minimum absolute atomic E-state index is 0.0492. The first-order chi connectivity index (χ1) is 29.5. The number of carbonyl (C=O) groups excluding carboxylic acids is 5. The van der Waals surface area contributed by atoms with Crippen LogP contribution in [0.1, 0.15) is 80.8 Å². The second kappa shape index (κ2) is 26.3. The molecule has 0 aromatic heterocycles. The Hall–Kier alpha value is -4.40. The van der Waals surface area contributed by atoms with Gasteiger partial charge in [0.2, 0.25) is 5.91 Å². The number of aliphatic hydroxyl groups is 3. The number of hydrogen-bond donors (Lipinski definition) is 4. The average Bonchev–Trinajstić information content (AvgIpc) is 3.23. The molecule has 1 aliphatic rings. The number of benzene rings is 2. The molecule has 1 saturated heterocycles. The molecule has 0 saturated carbocycles. The van der Waals surface area contributed by atoms with Gasteiger partial charge < -0.3 is 63.3 Å². The minimum atomic E-state index is -1.62. The summed E-state index contributed by atoms with van der Waals surface area (Å²) in [4.78, 5) is 62.1. The van der Waals surface area contributed by atoms with Crippen molar-refractivity contribution in [3.8, 4) is 11.5 Å². The second-order valence-corrected chi connectivity index (χ2v) is 15.8. The number of ether oxygens (including phenoxy) is 9. The van der Waals surface area contributed by atoms with Crippen molar-refractivity contribution < 1.29 is 81.9 Å². The Morgan fingerprint density at radius 1 is 0.903 bits per heavy atom. The van der Waals surface area contributed by atoms with E-state index >= 15 is 0 Å². The minimum Gasteiger partial charge on any atom is -0.496 e. The van der Waals surface area contributed by atoms with Crippen LogP contribution in [0.4, 0.5) is 0 Å². The average molecular weight is 898 g/mol. The first-order valence-electron chi connectivity index (χ1n) is 20.2. The standard InChI is InChI=1S/C43H60ClNO17/c1-43(2,3)62-36(49)18-28(40(52)55-5)13-8-7-9-14-29(47)24-57-15-16-58-25-35(48)45-21-26-11-10-12-27(17-26)23-59-33-20-32(54-4)30(19-31(33)44)41(53)61-39-38(51)37(50)34(22-46)60-42(39)56-6/h10-12,17,19-20,28,34,37-39,42,46,50-51H,7-9,13-16,18,21-25H2,1-6H3,(H,45,48)/t28-,34-,37-,38+,39-,42+/m1/s1. The number of amides is 1. The van der Waals surface area contributed by atoms with Crippen LogP contribution < -0.4 is 14.8 Å². The number of hydrogen-bond acceptors (Lipinski definition) is 17. The Balaban J connectivity index is 1.34. The molecular weight excluding hydrogens is 838 g/mol. The van der Waals surface area contributed by atoms with E-state index in [1.54, 1.807) is 26.8 Å². The lowest BCUT2D eigenvalue weighted by molar-refractivity contribution is -0.293. The number of nitrogens with one attached hydrogen (secondary N) is 1. The molecule has 0 bridgehead atoms. The van der Waals surface area contributed by atoms with Crippen LogP contribution in [0.15, 0.2) is 36.4 Å². The van der Waals surface area contributed by atoms with Crippen LogP contribution in [0.5, 0.6) is 11.5 Å². The molecular formula is C43H60ClNO17. The van der Waals surface area contributed by atoms with Crippen LogP contribution in [0.2, 0.25) is 5.02 Å². The quantitative estimate of drug-likeness (QED) is 0.0602. The maximum atomic E-state index is 13.2. The predicted molar refractivity (Wildman–Crippen MR) is 220 cm³/mol. The number of unbranched alkanes of at least 4 members (excludes halogenated alkanes) is 2. The zero-order chi connectivity index (χ0) is 45.8. The van der Waals surface area contributed by atoms with Gasteiger partial charge in [-0.05, 0) is 50.8 Å². The topological polar surface area (TPSA) is 241 Å². The van der Waals surface area contributed by atoms with Gasteiger partial charge in [-0.1, -0.05) is 48.7 Å². The van der Waals surface area contributed by atoms with E-state index in [2.05, 4.69) is 5.32 Å². The fourth-order valence-electron chi connectivity index (χ4n) is 6.26. The normalized spacial score (nSPS) is 19.2. The molecule has 62 heavy (non-hydrogen) atoms. The highest BCUT2D eigenvalue weighted by molar-refractivity contribution is 6.32. The van der Waals surface area contributed by atoms with Crippen molar-refractivity contribution in [1.82, 2.24) is 5.32 Å². The highest BCUT2D eigenvalue weighted by Gasteiger charge is 2.47. The lowest BCUT2D eigenvalue weighted by atomic mass is 9.97. The van der Waals surface area contributed by atoms with Crippen molar-refractivity contribution in [2.75, 3.05) is 54.4 Å². The highest BCUT2D eigenvalue weighted by Crippen LogP contribution is 2.35. The third-order valence-corrected chi connectivity index (χ3v) is 9.69. The van der Waals surface area contributed by atoms with Gasteiger partial charge in [-0.3, -0.25) is 19.2 Å². The first-order valence-corrected chi connectivity index (χ1v) is 20.6. The molecule has 0 radical (unpaired) electrons. The van der Waals surface area contributed by atoms with Gasteiger partial charge in [-0.25, -0.2) is 4.79 Å². The highest BCUT2D eigenvalue weighted by atomic mass is 35.5. The van der Waals surface area contributed by atoms with Crippen molar-refractivity contribution in [3.63, 3.8) is 0 Å². The molecule has 19 heteroatoms. The molecule has 0 unspecified atom stereocenters. The molecule has 6 atom stereocenters. The van der Waals surface area contributed by atoms with E-state index in [0.29, 0.717) is 32.1 Å². The number of esters is 3. The maximum absolute atomic E-state index is 13.2. The predicted octanol–water partition coefficient (Wildman–Crippen LogP) is 3.23. The summed E-state index contributed by atoms with van der Waals surface area (Å²) in [5, 5.41) is 33.0. The van der Waals surface area contributed by atoms with E-state index < -0.39 is 66.7 Å². The Morgan fingerprint density at radius 3 is 2.27 bits per heavy atom. The lowest BCUT2D eigenvalue weighted by Crippen LogP contribution is -2.60. The smallest absolute Gasteiger partial charge is 0.342 e. The third-order valence-electron chi connectivity index (χ3n) is 9.39. The Morgan fingerprint density at radius 2 is 1.61 bits per heavy atom. The molecule has 1 heterocycles. The van der Waals surface area contributed by atoms with Crippen molar-refractivity contribution >= 4 is 41.2 Å². The molecule has 1 aliphatic heterocycles. The number of rotatable bonds is 26. The monoisotopic (exact) mass is 897 g/mol. The first kappa shape index (κ1) is 51.9. The van der Waals surface area contributed by atoms with E-state index in [1.807, 2.05) is 18.2 Å². The number of ketones is 1. The van der Waals surface area contributed by atoms with Crippen LogP contribution in [0, 0.1) is 5.92 Å². The van der Waals surface area contributed by atoms with Gasteiger partial charge in [0.25, 0.3) is 0 Å². The van der Waals surface area contributed by atoms with Gasteiger partial charge >= 0.3 is 17.9 Å². The zero-order valence-corrected chi connectivity index (χ0v) is 36.8. The summed E-state index contributed by atoms with van der Waals surface area (Å²) in [5.74, 6) is -2.67. The van der Waals surface area contributed by atoms with Crippen LogP contribution in [-0.4, -0.2) is 136 Å². The number of Topliss-reactive ketones (excluding diaryl/α,β-unsaturated/α-hetero) is 1. The SMILES string of the molecule is COC(=O)[C@H](CCCCCC(=O)COCCOCC(=O)NCc1cccc(COc2cc(OC)c(C(=O)O[C@H]3[C@@H](OC)O[C@H](CO)[C@@H](O)[C@@H]3O)cc2Cl)c1)CC(=O)OC(C)(C)C. The summed E-state index contributed by atoms with van der Waals surface area (Å²) in [7, 11) is 3.86. The van der Waals surface area contributed by atoms with E-state index in [4.69, 9.17) is 54.2 Å². The Bertz CT molecular complexity index is 1770. The lowest BCUT2D eigenvalue weighted by Gasteiger charge is -2.40. The summed E-state index contributed by atoms with van der Waals surface area (Å²) >= 11 is 6.47. The van der Waals surface area contributed by atoms with Crippen molar-refractivity contribution in [2.45, 2.75) is 109 Å². The summed E-state index contributed by atoms with van der Waals surface area (Å²) < 4.78 is 48.2. The zero-order valence-electron chi connectivity index (χ0n) is 36.1. The number of aliphatic hydroxyl groups excluding tert-OH is 3. The van der Waals surface area contributed by atoms with E-state index in [9.17, 15) is 39.3 Å². The van der Waals surface area contributed by atoms with Gasteiger partial charge in [0.15, 0.2) is 18.2 Å². The second-order valence-electron chi connectivity index (χ2n) is 15.4. The molecule has 2 aromatic rings. The van der Waals surface area contributed by atoms with Gasteiger partial charge in [-0.2, -0.15) is 0 Å². The summed E-state index contributed by atoms with van der Waals surface area (Å²) in [6.07, 6.45) is -4.39. The van der Waals surface area contributed by atoms with Gasteiger partial charge in [0, 0.05) is 26.1 Å². The number of carbonyl (C=O) groups is 5. The van der Waals surface area contributed by atoms with Crippen molar-refractivity contribution in [2.24, 2.45) is 5.92 Å². The number of halogens is 1. The fraction of sp³-hybridized carbons (Fsp3) is 0.605. The van der Waals surface area contributed by atoms with Gasteiger partial charge in [0.05, 0.1) is 51.4 Å². The summed E-state index contributed by atoms with van der Waals surface area (Å²) in [6, 6.07) is 9.93. The van der Waals surface area contributed by atoms with Crippen LogP contribution in [-0.2, 0) is 65.5 Å². The van der Waals surface area contributed by atoms with Crippen LogP contribution in [0.25, 0.3) is 0 Å². The van der Waals surface area contributed by atoms with Crippen LogP contribution >= 0.6 is 11.6 Å². The molecule has 3 rings (SSSR count). The number of methoxy groups -OCH3 is 3. The van der Waals surface area contributed by atoms with Gasteiger partial charge in [0.1, 0.15) is 60.8 Å². The molecule has 0 spiro atoms. The molecule has 346 valence electrons.